The summed E-state index contributed by atoms with van der Waals surface area (Å²) in [6, 6.07) is 21.9. The lowest BCUT2D eigenvalue weighted by atomic mass is 10.0. The summed E-state index contributed by atoms with van der Waals surface area (Å²) in [6.07, 6.45) is 3.37. The first-order valence-electron chi connectivity index (χ1n) is 8.68. The lowest BCUT2D eigenvalue weighted by molar-refractivity contribution is 0.559. The van der Waals surface area contributed by atoms with E-state index in [0.717, 1.165) is 28.6 Å². The second-order valence-corrected chi connectivity index (χ2v) is 6.58. The summed E-state index contributed by atoms with van der Waals surface area (Å²) < 4.78 is 5.26. The highest BCUT2D eigenvalue weighted by molar-refractivity contribution is 5.80. The predicted octanol–water partition coefficient (Wildman–Crippen LogP) is 4.68. The number of fused-ring (bicyclic) bond motifs is 1. The second kappa shape index (κ2) is 6.96. The van der Waals surface area contributed by atoms with E-state index >= 15 is 0 Å². The molecule has 0 N–H and O–H groups in total. The van der Waals surface area contributed by atoms with E-state index in [1.54, 1.807) is 6.07 Å². The highest BCUT2D eigenvalue weighted by Gasteiger charge is 2.07. The van der Waals surface area contributed by atoms with Gasteiger partial charge in [-0.3, -0.25) is 4.98 Å². The van der Waals surface area contributed by atoms with Crippen LogP contribution in [-0.4, -0.2) is 4.98 Å². The van der Waals surface area contributed by atoms with E-state index < -0.39 is 0 Å². The lowest BCUT2D eigenvalue weighted by Gasteiger charge is -2.07. The number of aryl methyl sites for hydroxylation is 1. The molecule has 0 bridgehead atoms. The van der Waals surface area contributed by atoms with Crippen molar-refractivity contribution < 1.29 is 4.42 Å². The number of para-hydroxylation sites is 1. The second-order valence-electron chi connectivity index (χ2n) is 6.58. The highest BCUT2D eigenvalue weighted by atomic mass is 16.4. The van der Waals surface area contributed by atoms with Crippen molar-refractivity contribution in [3.63, 3.8) is 0 Å². The van der Waals surface area contributed by atoms with Gasteiger partial charge in [0.1, 0.15) is 5.58 Å². The molecule has 0 spiro atoms. The fourth-order valence-corrected chi connectivity index (χ4v) is 3.12. The van der Waals surface area contributed by atoms with Crippen LogP contribution >= 0.6 is 0 Å². The molecule has 4 rings (SSSR count). The van der Waals surface area contributed by atoms with Gasteiger partial charge in [0.05, 0.1) is 0 Å². The van der Waals surface area contributed by atoms with E-state index in [1.165, 1.54) is 11.1 Å². The normalized spacial score (nSPS) is 11.0. The molecule has 2 heterocycles. The summed E-state index contributed by atoms with van der Waals surface area (Å²) in [4.78, 5) is 16.4. The molecular formula is C23H19NO2. The third kappa shape index (κ3) is 3.57. The summed E-state index contributed by atoms with van der Waals surface area (Å²) in [5, 5.41) is 0.968. The minimum atomic E-state index is -0.317. The van der Waals surface area contributed by atoms with Crippen LogP contribution in [0.1, 0.15) is 27.9 Å². The zero-order valence-electron chi connectivity index (χ0n) is 14.6. The third-order valence-electron chi connectivity index (χ3n) is 4.52. The van der Waals surface area contributed by atoms with Crippen LogP contribution in [0.25, 0.3) is 11.0 Å². The monoisotopic (exact) mass is 341 g/mol. The van der Waals surface area contributed by atoms with E-state index in [4.69, 9.17) is 4.42 Å². The number of rotatable bonds is 4. The molecule has 128 valence electrons. The van der Waals surface area contributed by atoms with Gasteiger partial charge in [-0.2, -0.15) is 0 Å². The van der Waals surface area contributed by atoms with E-state index in [0.29, 0.717) is 12.0 Å². The maximum absolute atomic E-state index is 11.8. The Bertz CT molecular complexity index is 1090. The minimum Gasteiger partial charge on any atom is -0.423 e. The van der Waals surface area contributed by atoms with Gasteiger partial charge in [0.15, 0.2) is 0 Å². The summed E-state index contributed by atoms with van der Waals surface area (Å²) in [5.41, 5.74) is 5.90. The number of pyridine rings is 1. The van der Waals surface area contributed by atoms with Gasteiger partial charge in [0, 0.05) is 29.8 Å². The third-order valence-corrected chi connectivity index (χ3v) is 4.52. The molecule has 4 aromatic rings. The lowest BCUT2D eigenvalue weighted by Crippen LogP contribution is -2.02. The van der Waals surface area contributed by atoms with Crippen molar-refractivity contribution in [1.82, 2.24) is 4.98 Å². The topological polar surface area (TPSA) is 43.1 Å². The Morgan fingerprint density at radius 1 is 0.885 bits per heavy atom. The van der Waals surface area contributed by atoms with Crippen molar-refractivity contribution in [2.24, 2.45) is 0 Å². The number of nitrogens with zero attached hydrogens (tertiary/aromatic N) is 1. The summed E-state index contributed by atoms with van der Waals surface area (Å²) in [7, 11) is 0. The molecule has 2 aromatic carbocycles. The van der Waals surface area contributed by atoms with Crippen molar-refractivity contribution in [2.75, 3.05) is 0 Å². The Labute approximate surface area is 152 Å². The summed E-state index contributed by atoms with van der Waals surface area (Å²) in [5.74, 6) is 0. The van der Waals surface area contributed by atoms with Crippen molar-refractivity contribution in [3.05, 3.63) is 111 Å². The van der Waals surface area contributed by atoms with Crippen LogP contribution in [0.15, 0.2) is 82.1 Å². The number of aromatic nitrogens is 1. The molecule has 2 aromatic heterocycles. The highest BCUT2D eigenvalue weighted by Crippen LogP contribution is 2.19. The van der Waals surface area contributed by atoms with Gasteiger partial charge < -0.3 is 4.42 Å². The van der Waals surface area contributed by atoms with Crippen molar-refractivity contribution in [2.45, 2.75) is 19.8 Å². The summed E-state index contributed by atoms with van der Waals surface area (Å²) in [6.45, 7) is 2.09. The Hall–Kier alpha value is -3.20. The maximum atomic E-state index is 11.8. The predicted molar refractivity (Wildman–Crippen MR) is 104 cm³/mol. The van der Waals surface area contributed by atoms with Crippen molar-refractivity contribution >= 4 is 11.0 Å². The van der Waals surface area contributed by atoms with E-state index in [1.807, 2.05) is 30.5 Å². The zero-order valence-corrected chi connectivity index (χ0v) is 14.6. The number of hydrogen-bond acceptors (Lipinski definition) is 3. The van der Waals surface area contributed by atoms with Gasteiger partial charge >= 0.3 is 5.63 Å². The first kappa shape index (κ1) is 16.3. The smallest absolute Gasteiger partial charge is 0.336 e. The molecule has 26 heavy (non-hydrogen) atoms. The molecule has 3 heteroatoms. The van der Waals surface area contributed by atoms with Crippen molar-refractivity contribution in [3.8, 4) is 0 Å². The molecule has 0 radical (unpaired) electrons. The summed E-state index contributed by atoms with van der Waals surface area (Å²) >= 11 is 0. The Morgan fingerprint density at radius 2 is 1.65 bits per heavy atom. The van der Waals surface area contributed by atoms with Crippen LogP contribution < -0.4 is 5.63 Å². The molecule has 0 atom stereocenters. The van der Waals surface area contributed by atoms with E-state index in [2.05, 4.69) is 48.3 Å². The largest absolute Gasteiger partial charge is 0.423 e. The van der Waals surface area contributed by atoms with Crippen LogP contribution in [0, 0.1) is 6.92 Å². The molecule has 0 saturated heterocycles. The molecule has 0 saturated carbocycles. The molecule has 0 fully saturated rings. The fourth-order valence-electron chi connectivity index (χ4n) is 3.12. The SMILES string of the molecule is Cc1ccc(Cc2ccc(Cc3cc(=O)oc4ccccc34)cn2)cc1. The molecule has 0 aliphatic carbocycles. The zero-order chi connectivity index (χ0) is 17.9. The van der Waals surface area contributed by atoms with Gasteiger partial charge in [-0.05, 0) is 42.2 Å². The van der Waals surface area contributed by atoms with E-state index in [-0.39, 0.29) is 5.63 Å². The Morgan fingerprint density at radius 3 is 2.42 bits per heavy atom. The average Bonchev–Trinajstić information content (AvgIpc) is 2.65. The van der Waals surface area contributed by atoms with Gasteiger partial charge in [-0.1, -0.05) is 54.1 Å². The van der Waals surface area contributed by atoms with Crippen molar-refractivity contribution in [1.29, 1.82) is 0 Å². The fraction of sp³-hybridized carbons (Fsp3) is 0.130. The first-order valence-corrected chi connectivity index (χ1v) is 8.68. The van der Waals surface area contributed by atoms with Crippen LogP contribution in [-0.2, 0) is 12.8 Å². The number of benzene rings is 2. The van der Waals surface area contributed by atoms with Crippen LogP contribution in [0.2, 0.25) is 0 Å². The Balaban J connectivity index is 1.56. The van der Waals surface area contributed by atoms with Crippen LogP contribution in [0.5, 0.6) is 0 Å². The molecule has 0 aliphatic heterocycles. The molecule has 0 unspecified atom stereocenters. The molecular weight excluding hydrogens is 322 g/mol. The van der Waals surface area contributed by atoms with Gasteiger partial charge in [0.2, 0.25) is 0 Å². The quantitative estimate of drug-likeness (QED) is 0.506. The number of hydrogen-bond donors (Lipinski definition) is 0. The van der Waals surface area contributed by atoms with Gasteiger partial charge in [0.25, 0.3) is 0 Å². The van der Waals surface area contributed by atoms with Gasteiger partial charge in [-0.25, -0.2) is 4.79 Å². The average molecular weight is 341 g/mol. The maximum Gasteiger partial charge on any atom is 0.336 e. The first-order chi connectivity index (χ1) is 12.7. The van der Waals surface area contributed by atoms with Crippen LogP contribution in [0.4, 0.5) is 0 Å². The van der Waals surface area contributed by atoms with Gasteiger partial charge in [-0.15, -0.1) is 0 Å². The standard InChI is InChI=1S/C23H19NO2/c1-16-6-8-17(9-7-16)13-20-11-10-18(15-24-20)12-19-14-23(25)26-22-5-3-2-4-21(19)22/h2-11,14-15H,12-13H2,1H3. The van der Waals surface area contributed by atoms with E-state index in [9.17, 15) is 4.79 Å². The minimum absolute atomic E-state index is 0.317. The Kier molecular flexibility index (Phi) is 4.36. The molecule has 0 amide bonds. The molecule has 0 aliphatic rings. The van der Waals surface area contributed by atoms with Crippen LogP contribution in [0.3, 0.4) is 0 Å². The molecule has 3 nitrogen and oxygen atoms in total.